The third-order valence-corrected chi connectivity index (χ3v) is 3.13. The molecule has 1 aromatic carbocycles. The molecule has 1 fully saturated rings. The Kier molecular flexibility index (Phi) is 3.57. The minimum atomic E-state index is 0.0870. The fraction of sp³-hybridized carbons (Fsp3) is 0.462. The third-order valence-electron chi connectivity index (χ3n) is 3.13. The van der Waals surface area contributed by atoms with Gasteiger partial charge >= 0.3 is 0 Å². The van der Waals surface area contributed by atoms with E-state index in [0.717, 1.165) is 31.4 Å². The molecule has 0 radical (unpaired) electrons. The Balaban J connectivity index is 1.93. The van der Waals surface area contributed by atoms with Crippen molar-refractivity contribution >= 4 is 11.6 Å². The lowest BCUT2D eigenvalue weighted by Crippen LogP contribution is -2.34. The highest BCUT2D eigenvalue weighted by Gasteiger charge is 2.25. The summed E-state index contributed by atoms with van der Waals surface area (Å²) in [5, 5.41) is 2.94. The van der Waals surface area contributed by atoms with Crippen LogP contribution in [0.25, 0.3) is 0 Å². The summed E-state index contributed by atoms with van der Waals surface area (Å²) in [7, 11) is 0. The molecule has 0 aromatic heterocycles. The fourth-order valence-corrected chi connectivity index (χ4v) is 2.23. The molecule has 16 heavy (non-hydrogen) atoms. The van der Waals surface area contributed by atoms with Crippen molar-refractivity contribution in [2.24, 2.45) is 11.7 Å². The standard InChI is InChI=1S/C13H18N2O/c14-11-6-4-5-10(9-11)13(16)15-12-7-2-1-3-8-12/h1-3,7-8,10-11H,4-6,9,14H2,(H,15,16)/t10-,11+/m0/s1. The van der Waals surface area contributed by atoms with Gasteiger partial charge in [0.05, 0.1) is 0 Å². The number of nitrogens with two attached hydrogens (primary N) is 1. The highest BCUT2D eigenvalue weighted by molar-refractivity contribution is 5.92. The Morgan fingerprint density at radius 2 is 2.00 bits per heavy atom. The summed E-state index contributed by atoms with van der Waals surface area (Å²) >= 11 is 0. The average molecular weight is 218 g/mol. The van der Waals surface area contributed by atoms with Crippen molar-refractivity contribution in [2.75, 3.05) is 5.32 Å². The molecule has 0 spiro atoms. The molecule has 2 atom stereocenters. The third kappa shape index (κ3) is 2.83. The Labute approximate surface area is 96.0 Å². The first-order chi connectivity index (χ1) is 7.75. The van der Waals surface area contributed by atoms with E-state index in [1.54, 1.807) is 0 Å². The zero-order valence-corrected chi connectivity index (χ0v) is 9.36. The predicted octanol–water partition coefficient (Wildman–Crippen LogP) is 2.14. The number of carbonyl (C=O) groups is 1. The van der Waals surface area contributed by atoms with Gasteiger partial charge in [-0.3, -0.25) is 4.79 Å². The lowest BCUT2D eigenvalue weighted by molar-refractivity contribution is -0.120. The number of hydrogen-bond donors (Lipinski definition) is 2. The first-order valence-electron chi connectivity index (χ1n) is 5.87. The quantitative estimate of drug-likeness (QED) is 0.799. The van der Waals surface area contributed by atoms with Crippen LogP contribution in [0.3, 0.4) is 0 Å². The molecule has 3 nitrogen and oxygen atoms in total. The van der Waals surface area contributed by atoms with Crippen LogP contribution in [0.15, 0.2) is 30.3 Å². The second kappa shape index (κ2) is 5.12. The minimum absolute atomic E-state index is 0.0870. The summed E-state index contributed by atoms with van der Waals surface area (Å²) in [4.78, 5) is 11.9. The van der Waals surface area contributed by atoms with Crippen LogP contribution < -0.4 is 11.1 Å². The van der Waals surface area contributed by atoms with E-state index in [0.29, 0.717) is 0 Å². The SMILES string of the molecule is N[C@@H]1CCC[C@H](C(=O)Nc2ccccc2)C1. The summed E-state index contributed by atoms with van der Waals surface area (Å²) in [6.45, 7) is 0. The lowest BCUT2D eigenvalue weighted by Gasteiger charge is -2.25. The normalized spacial score (nSPS) is 25.1. The zero-order valence-electron chi connectivity index (χ0n) is 9.36. The molecule has 1 saturated carbocycles. The monoisotopic (exact) mass is 218 g/mol. The number of amides is 1. The van der Waals surface area contributed by atoms with Crippen molar-refractivity contribution < 1.29 is 4.79 Å². The van der Waals surface area contributed by atoms with Gasteiger partial charge in [0.25, 0.3) is 0 Å². The lowest BCUT2D eigenvalue weighted by atomic mass is 9.85. The number of anilines is 1. The molecule has 2 rings (SSSR count). The molecule has 1 aromatic rings. The number of nitrogens with one attached hydrogen (secondary N) is 1. The maximum absolute atomic E-state index is 11.9. The van der Waals surface area contributed by atoms with Gasteiger partial charge in [-0.25, -0.2) is 0 Å². The summed E-state index contributed by atoms with van der Waals surface area (Å²) in [5.74, 6) is 0.199. The van der Waals surface area contributed by atoms with E-state index in [2.05, 4.69) is 5.32 Å². The second-order valence-electron chi connectivity index (χ2n) is 4.48. The van der Waals surface area contributed by atoms with Crippen LogP contribution in [-0.2, 0) is 4.79 Å². The van der Waals surface area contributed by atoms with Gasteiger partial charge in [-0.1, -0.05) is 24.6 Å². The summed E-state index contributed by atoms with van der Waals surface area (Å²) in [5.41, 5.74) is 6.74. The van der Waals surface area contributed by atoms with Crippen LogP contribution in [0.1, 0.15) is 25.7 Å². The molecular weight excluding hydrogens is 200 g/mol. The minimum Gasteiger partial charge on any atom is -0.328 e. The zero-order chi connectivity index (χ0) is 11.4. The van der Waals surface area contributed by atoms with Gasteiger partial charge in [-0.15, -0.1) is 0 Å². The first kappa shape index (κ1) is 11.1. The van der Waals surface area contributed by atoms with E-state index < -0.39 is 0 Å². The molecule has 3 heteroatoms. The molecule has 86 valence electrons. The Bertz CT molecular complexity index is 350. The van der Waals surface area contributed by atoms with Gasteiger partial charge in [-0.05, 0) is 31.4 Å². The van der Waals surface area contributed by atoms with Crippen molar-refractivity contribution in [2.45, 2.75) is 31.7 Å². The summed E-state index contributed by atoms with van der Waals surface area (Å²) in [6.07, 6.45) is 3.90. The number of carbonyl (C=O) groups excluding carboxylic acids is 1. The number of hydrogen-bond acceptors (Lipinski definition) is 2. The second-order valence-corrected chi connectivity index (χ2v) is 4.48. The molecule has 3 N–H and O–H groups in total. The Hall–Kier alpha value is -1.35. The van der Waals surface area contributed by atoms with E-state index in [-0.39, 0.29) is 17.9 Å². The van der Waals surface area contributed by atoms with Gasteiger partial charge in [0, 0.05) is 17.6 Å². The molecule has 1 aliphatic rings. The van der Waals surface area contributed by atoms with Gasteiger partial charge in [0.15, 0.2) is 0 Å². The molecule has 0 bridgehead atoms. The molecule has 1 amide bonds. The maximum atomic E-state index is 11.9. The summed E-state index contributed by atoms with van der Waals surface area (Å²) < 4.78 is 0. The van der Waals surface area contributed by atoms with Crippen molar-refractivity contribution in [3.8, 4) is 0 Å². The van der Waals surface area contributed by atoms with E-state index >= 15 is 0 Å². The van der Waals surface area contributed by atoms with Crippen LogP contribution in [0.4, 0.5) is 5.69 Å². The van der Waals surface area contributed by atoms with Gasteiger partial charge in [0.2, 0.25) is 5.91 Å². The Morgan fingerprint density at radius 1 is 1.25 bits per heavy atom. The Morgan fingerprint density at radius 3 is 2.69 bits per heavy atom. The number of rotatable bonds is 2. The fourth-order valence-electron chi connectivity index (χ4n) is 2.23. The van der Waals surface area contributed by atoms with Gasteiger partial charge < -0.3 is 11.1 Å². The highest BCUT2D eigenvalue weighted by Crippen LogP contribution is 2.24. The molecule has 0 heterocycles. The van der Waals surface area contributed by atoms with Crippen LogP contribution in [0, 0.1) is 5.92 Å². The largest absolute Gasteiger partial charge is 0.328 e. The van der Waals surface area contributed by atoms with Crippen LogP contribution in [0.5, 0.6) is 0 Å². The molecule has 0 saturated heterocycles. The van der Waals surface area contributed by atoms with E-state index in [1.807, 2.05) is 30.3 Å². The van der Waals surface area contributed by atoms with Crippen LogP contribution in [-0.4, -0.2) is 11.9 Å². The molecular formula is C13H18N2O. The summed E-state index contributed by atoms with van der Waals surface area (Å²) in [6, 6.07) is 9.78. The van der Waals surface area contributed by atoms with Crippen molar-refractivity contribution in [1.82, 2.24) is 0 Å². The predicted molar refractivity (Wildman–Crippen MR) is 65.0 cm³/mol. The molecule has 1 aliphatic carbocycles. The number of para-hydroxylation sites is 1. The topological polar surface area (TPSA) is 55.1 Å². The van der Waals surface area contributed by atoms with E-state index in [1.165, 1.54) is 0 Å². The van der Waals surface area contributed by atoms with Crippen molar-refractivity contribution in [3.63, 3.8) is 0 Å². The van der Waals surface area contributed by atoms with Crippen molar-refractivity contribution in [1.29, 1.82) is 0 Å². The average Bonchev–Trinajstić information content (AvgIpc) is 2.30. The van der Waals surface area contributed by atoms with Crippen molar-refractivity contribution in [3.05, 3.63) is 30.3 Å². The van der Waals surface area contributed by atoms with Gasteiger partial charge in [0.1, 0.15) is 0 Å². The van der Waals surface area contributed by atoms with Gasteiger partial charge in [-0.2, -0.15) is 0 Å². The maximum Gasteiger partial charge on any atom is 0.227 e. The van der Waals surface area contributed by atoms with E-state index in [9.17, 15) is 4.79 Å². The van der Waals surface area contributed by atoms with Crippen LogP contribution >= 0.6 is 0 Å². The highest BCUT2D eigenvalue weighted by atomic mass is 16.1. The van der Waals surface area contributed by atoms with Crippen LogP contribution in [0.2, 0.25) is 0 Å². The first-order valence-corrected chi connectivity index (χ1v) is 5.87. The molecule has 0 unspecified atom stereocenters. The number of benzene rings is 1. The molecule has 0 aliphatic heterocycles. The van der Waals surface area contributed by atoms with E-state index in [4.69, 9.17) is 5.73 Å². The smallest absolute Gasteiger partial charge is 0.227 e.